The normalized spacial score (nSPS) is 16.3. The average Bonchev–Trinajstić information content (AvgIpc) is 2.75. The summed E-state index contributed by atoms with van der Waals surface area (Å²) in [7, 11) is 1.98. The number of amides is 1. The molecule has 0 unspecified atom stereocenters. The number of hydrogen-bond donors (Lipinski definition) is 0. The molecule has 0 radical (unpaired) electrons. The summed E-state index contributed by atoms with van der Waals surface area (Å²) in [5, 5.41) is 0. The van der Waals surface area contributed by atoms with Crippen molar-refractivity contribution < 1.29 is 9.59 Å². The summed E-state index contributed by atoms with van der Waals surface area (Å²) in [6.45, 7) is 9.35. The highest BCUT2D eigenvalue weighted by Crippen LogP contribution is 2.15. The maximum absolute atomic E-state index is 12.4. The van der Waals surface area contributed by atoms with Gasteiger partial charge in [-0.25, -0.2) is 0 Å². The first kappa shape index (κ1) is 15.8. The van der Waals surface area contributed by atoms with Gasteiger partial charge < -0.3 is 9.47 Å². The van der Waals surface area contributed by atoms with Crippen molar-refractivity contribution in [2.24, 2.45) is 7.05 Å². The van der Waals surface area contributed by atoms with Crippen molar-refractivity contribution in [2.75, 3.05) is 32.7 Å². The molecule has 5 nitrogen and oxygen atoms in total. The van der Waals surface area contributed by atoms with Gasteiger partial charge in [-0.15, -0.1) is 0 Å². The van der Waals surface area contributed by atoms with E-state index in [0.717, 1.165) is 43.1 Å². The summed E-state index contributed by atoms with van der Waals surface area (Å²) in [5.41, 5.74) is 2.95. The van der Waals surface area contributed by atoms with Crippen molar-refractivity contribution in [1.82, 2.24) is 14.4 Å². The Kier molecular flexibility index (Phi) is 4.83. The van der Waals surface area contributed by atoms with Crippen molar-refractivity contribution >= 4 is 11.7 Å². The molecule has 1 saturated heterocycles. The number of ketones is 1. The lowest BCUT2D eigenvalue weighted by molar-refractivity contribution is -0.132. The number of piperazine rings is 1. The van der Waals surface area contributed by atoms with Crippen LogP contribution in [0.1, 0.15) is 35.1 Å². The van der Waals surface area contributed by atoms with E-state index in [1.165, 1.54) is 0 Å². The molecule has 0 atom stereocenters. The summed E-state index contributed by atoms with van der Waals surface area (Å²) in [4.78, 5) is 28.1. The number of carbonyl (C=O) groups is 2. The topological polar surface area (TPSA) is 45.6 Å². The third kappa shape index (κ3) is 3.35. The fourth-order valence-electron chi connectivity index (χ4n) is 2.80. The van der Waals surface area contributed by atoms with E-state index in [9.17, 15) is 9.59 Å². The number of carbonyl (C=O) groups excluding carboxylic acids is 2. The number of aryl methyl sites for hydroxylation is 1. The second-order valence-corrected chi connectivity index (χ2v) is 5.78. The van der Waals surface area contributed by atoms with Crippen LogP contribution in [-0.4, -0.2) is 58.8 Å². The molecular weight excluding hydrogens is 266 g/mol. The fraction of sp³-hybridized carbons (Fsp3) is 0.625. The van der Waals surface area contributed by atoms with Gasteiger partial charge in [0.1, 0.15) is 0 Å². The van der Waals surface area contributed by atoms with E-state index in [1.54, 1.807) is 0 Å². The van der Waals surface area contributed by atoms with Crippen LogP contribution < -0.4 is 0 Å². The summed E-state index contributed by atoms with van der Waals surface area (Å²) < 4.78 is 2.05. The third-order valence-electron chi connectivity index (χ3n) is 4.47. The molecule has 0 saturated carbocycles. The second-order valence-electron chi connectivity index (χ2n) is 5.78. The molecule has 1 aromatic rings. The SMILES string of the molecule is CCC(=O)N1CCN(CC(=O)c2cc(C)n(C)c2C)CC1. The molecule has 2 heterocycles. The minimum atomic E-state index is 0.173. The zero-order chi connectivity index (χ0) is 15.6. The smallest absolute Gasteiger partial charge is 0.222 e. The summed E-state index contributed by atoms with van der Waals surface area (Å²) >= 11 is 0. The van der Waals surface area contributed by atoms with Crippen LogP contribution in [0.5, 0.6) is 0 Å². The Hall–Kier alpha value is -1.62. The zero-order valence-corrected chi connectivity index (χ0v) is 13.5. The van der Waals surface area contributed by atoms with Gasteiger partial charge in [0.05, 0.1) is 6.54 Å². The van der Waals surface area contributed by atoms with E-state index in [-0.39, 0.29) is 11.7 Å². The highest BCUT2D eigenvalue weighted by molar-refractivity contribution is 5.99. The molecule has 1 aliphatic heterocycles. The maximum Gasteiger partial charge on any atom is 0.222 e. The van der Waals surface area contributed by atoms with Gasteiger partial charge >= 0.3 is 0 Å². The van der Waals surface area contributed by atoms with Gasteiger partial charge in [0, 0.05) is 56.6 Å². The average molecular weight is 291 g/mol. The fourth-order valence-corrected chi connectivity index (χ4v) is 2.80. The van der Waals surface area contributed by atoms with Crippen LogP contribution in [0.15, 0.2) is 6.07 Å². The van der Waals surface area contributed by atoms with Crippen LogP contribution >= 0.6 is 0 Å². The highest BCUT2D eigenvalue weighted by atomic mass is 16.2. The minimum absolute atomic E-state index is 0.173. The number of Topliss-reactive ketones (excluding diaryl/α,β-unsaturated/α-hetero) is 1. The molecular formula is C16H25N3O2. The largest absolute Gasteiger partial charge is 0.351 e. The van der Waals surface area contributed by atoms with Gasteiger partial charge in [0.15, 0.2) is 5.78 Å². The van der Waals surface area contributed by atoms with Crippen LogP contribution in [0, 0.1) is 13.8 Å². The first-order valence-electron chi connectivity index (χ1n) is 7.60. The number of aromatic nitrogens is 1. The van der Waals surface area contributed by atoms with Crippen molar-refractivity contribution in [3.8, 4) is 0 Å². The Bertz CT molecular complexity index is 540. The van der Waals surface area contributed by atoms with Crippen molar-refractivity contribution in [2.45, 2.75) is 27.2 Å². The molecule has 0 aromatic carbocycles. The van der Waals surface area contributed by atoms with Gasteiger partial charge in [-0.3, -0.25) is 14.5 Å². The standard InChI is InChI=1S/C16H25N3O2/c1-5-16(21)19-8-6-18(7-9-19)11-15(20)14-10-12(2)17(4)13(14)3/h10H,5-9,11H2,1-4H3. The van der Waals surface area contributed by atoms with E-state index in [0.29, 0.717) is 13.0 Å². The molecule has 0 spiro atoms. The van der Waals surface area contributed by atoms with Crippen LogP contribution in [0.2, 0.25) is 0 Å². The predicted molar refractivity (Wildman–Crippen MR) is 82.5 cm³/mol. The Balaban J connectivity index is 1.93. The number of rotatable bonds is 4. The van der Waals surface area contributed by atoms with E-state index >= 15 is 0 Å². The van der Waals surface area contributed by atoms with Gasteiger partial charge in [-0.05, 0) is 19.9 Å². The van der Waals surface area contributed by atoms with E-state index in [1.807, 2.05) is 43.4 Å². The predicted octanol–water partition coefficient (Wildman–Crippen LogP) is 1.38. The van der Waals surface area contributed by atoms with E-state index in [2.05, 4.69) is 4.90 Å². The molecule has 1 aliphatic rings. The van der Waals surface area contributed by atoms with Crippen molar-refractivity contribution in [1.29, 1.82) is 0 Å². The summed E-state index contributed by atoms with van der Waals surface area (Å²) in [5.74, 6) is 0.377. The Labute approximate surface area is 126 Å². The molecule has 0 N–H and O–H groups in total. The second kappa shape index (κ2) is 6.43. The van der Waals surface area contributed by atoms with E-state index in [4.69, 9.17) is 0 Å². The molecule has 2 rings (SSSR count). The van der Waals surface area contributed by atoms with E-state index < -0.39 is 0 Å². The van der Waals surface area contributed by atoms with Crippen LogP contribution in [0.4, 0.5) is 0 Å². The number of nitrogens with zero attached hydrogens (tertiary/aromatic N) is 3. The summed E-state index contributed by atoms with van der Waals surface area (Å²) in [6, 6.07) is 1.97. The van der Waals surface area contributed by atoms with Crippen LogP contribution in [0.3, 0.4) is 0 Å². The lowest BCUT2D eigenvalue weighted by Gasteiger charge is -2.34. The minimum Gasteiger partial charge on any atom is -0.351 e. The van der Waals surface area contributed by atoms with Crippen LogP contribution in [0.25, 0.3) is 0 Å². The Morgan fingerprint density at radius 1 is 1.14 bits per heavy atom. The molecule has 116 valence electrons. The maximum atomic E-state index is 12.4. The molecule has 5 heteroatoms. The highest BCUT2D eigenvalue weighted by Gasteiger charge is 2.23. The van der Waals surface area contributed by atoms with Gasteiger partial charge in [-0.2, -0.15) is 0 Å². The van der Waals surface area contributed by atoms with Gasteiger partial charge in [0.2, 0.25) is 5.91 Å². The molecule has 1 amide bonds. The first-order chi connectivity index (χ1) is 9.93. The monoisotopic (exact) mass is 291 g/mol. The third-order valence-corrected chi connectivity index (χ3v) is 4.47. The van der Waals surface area contributed by atoms with Crippen LogP contribution in [-0.2, 0) is 11.8 Å². The molecule has 1 aromatic heterocycles. The van der Waals surface area contributed by atoms with Crippen molar-refractivity contribution in [3.63, 3.8) is 0 Å². The molecule has 0 aliphatic carbocycles. The first-order valence-corrected chi connectivity index (χ1v) is 7.60. The quantitative estimate of drug-likeness (QED) is 0.787. The summed E-state index contributed by atoms with van der Waals surface area (Å²) in [6.07, 6.45) is 0.557. The Morgan fingerprint density at radius 3 is 2.24 bits per heavy atom. The molecule has 1 fully saturated rings. The Morgan fingerprint density at radius 2 is 1.76 bits per heavy atom. The van der Waals surface area contributed by atoms with Gasteiger partial charge in [0.25, 0.3) is 0 Å². The number of hydrogen-bond acceptors (Lipinski definition) is 3. The molecule has 0 bridgehead atoms. The molecule has 21 heavy (non-hydrogen) atoms. The lowest BCUT2D eigenvalue weighted by atomic mass is 10.1. The zero-order valence-electron chi connectivity index (χ0n) is 13.5. The van der Waals surface area contributed by atoms with Crippen molar-refractivity contribution in [3.05, 3.63) is 23.0 Å². The lowest BCUT2D eigenvalue weighted by Crippen LogP contribution is -2.49. The van der Waals surface area contributed by atoms with Gasteiger partial charge in [-0.1, -0.05) is 6.92 Å².